The Hall–Kier alpha value is -3.38. The van der Waals surface area contributed by atoms with Crippen LogP contribution in [0.4, 0.5) is 0 Å². The van der Waals surface area contributed by atoms with E-state index in [0.29, 0.717) is 22.3 Å². The van der Waals surface area contributed by atoms with Crippen molar-refractivity contribution < 1.29 is 18.9 Å². The number of hydrazone groups is 1. The summed E-state index contributed by atoms with van der Waals surface area (Å²) in [5, 5.41) is 7.71. The minimum atomic E-state index is -0.451. The normalized spacial score (nSPS) is 18.9. The van der Waals surface area contributed by atoms with Gasteiger partial charge < -0.3 is 18.9 Å². The number of halogens is 1. The second kappa shape index (κ2) is 8.28. The van der Waals surface area contributed by atoms with Crippen LogP contribution in [0.2, 0.25) is 5.02 Å². The van der Waals surface area contributed by atoms with Gasteiger partial charge in [-0.1, -0.05) is 41.9 Å². The van der Waals surface area contributed by atoms with E-state index >= 15 is 0 Å². The molecular formula is C25H23ClN2O4. The first kappa shape index (κ1) is 20.5. The first-order valence-electron chi connectivity index (χ1n) is 10.3. The number of rotatable bonds is 5. The van der Waals surface area contributed by atoms with Crippen molar-refractivity contribution in [1.82, 2.24) is 5.01 Å². The van der Waals surface area contributed by atoms with Crippen LogP contribution in [0.25, 0.3) is 0 Å². The van der Waals surface area contributed by atoms with Crippen molar-refractivity contribution in [2.24, 2.45) is 5.10 Å². The first-order chi connectivity index (χ1) is 15.6. The fourth-order valence-electron chi connectivity index (χ4n) is 4.31. The second-order valence-corrected chi connectivity index (χ2v) is 8.06. The topological polar surface area (TPSA) is 52.5 Å². The molecule has 0 radical (unpaired) electrons. The monoisotopic (exact) mass is 450 g/mol. The van der Waals surface area contributed by atoms with E-state index in [-0.39, 0.29) is 6.04 Å². The van der Waals surface area contributed by atoms with Crippen LogP contribution in [-0.2, 0) is 0 Å². The maximum absolute atomic E-state index is 6.45. The van der Waals surface area contributed by atoms with Gasteiger partial charge in [0.2, 0.25) is 12.0 Å². The Morgan fingerprint density at radius 2 is 1.62 bits per heavy atom. The quantitative estimate of drug-likeness (QED) is 0.505. The lowest BCUT2D eigenvalue weighted by atomic mass is 9.96. The zero-order valence-corrected chi connectivity index (χ0v) is 18.8. The van der Waals surface area contributed by atoms with Crippen LogP contribution in [0.3, 0.4) is 0 Å². The molecule has 5 rings (SSSR count). The van der Waals surface area contributed by atoms with Crippen molar-refractivity contribution >= 4 is 17.3 Å². The first-order valence-corrected chi connectivity index (χ1v) is 10.7. The SMILES string of the molecule is COc1cc([C@@H]2Oc3ccccc3[C@@H]3CC(c4ccc(Cl)cc4)=NN32)cc(OC)c1OC. The maximum atomic E-state index is 6.45. The van der Waals surface area contributed by atoms with E-state index in [0.717, 1.165) is 34.6 Å². The Kier molecular flexibility index (Phi) is 5.31. The molecular weight excluding hydrogens is 428 g/mol. The highest BCUT2D eigenvalue weighted by atomic mass is 35.5. The van der Waals surface area contributed by atoms with E-state index in [4.69, 9.17) is 35.6 Å². The molecule has 2 aliphatic rings. The molecule has 0 fully saturated rings. The molecule has 3 aromatic carbocycles. The van der Waals surface area contributed by atoms with Crippen molar-refractivity contribution in [2.75, 3.05) is 21.3 Å². The molecule has 0 unspecified atom stereocenters. The fraction of sp³-hybridized carbons (Fsp3) is 0.240. The lowest BCUT2D eigenvalue weighted by molar-refractivity contribution is -0.0192. The third kappa shape index (κ3) is 3.41. The minimum Gasteiger partial charge on any atom is -0.493 e. The summed E-state index contributed by atoms with van der Waals surface area (Å²) in [6.45, 7) is 0. The summed E-state index contributed by atoms with van der Waals surface area (Å²) >= 11 is 6.09. The summed E-state index contributed by atoms with van der Waals surface area (Å²) in [5.74, 6) is 2.53. The fourth-order valence-corrected chi connectivity index (χ4v) is 4.44. The Morgan fingerprint density at radius 3 is 2.28 bits per heavy atom. The van der Waals surface area contributed by atoms with Gasteiger partial charge in [0.05, 0.1) is 33.1 Å². The molecule has 0 aliphatic carbocycles. The zero-order valence-electron chi connectivity index (χ0n) is 18.0. The van der Waals surface area contributed by atoms with Gasteiger partial charge in [-0.3, -0.25) is 0 Å². The summed E-state index contributed by atoms with van der Waals surface area (Å²) < 4.78 is 23.1. The van der Waals surface area contributed by atoms with Gasteiger partial charge in [0.25, 0.3) is 0 Å². The molecule has 0 saturated heterocycles. The number of benzene rings is 3. The third-order valence-corrected chi connectivity index (χ3v) is 6.10. The maximum Gasteiger partial charge on any atom is 0.214 e. The molecule has 0 N–H and O–H groups in total. The van der Waals surface area contributed by atoms with E-state index < -0.39 is 6.23 Å². The number of methoxy groups -OCH3 is 3. The molecule has 0 spiro atoms. The smallest absolute Gasteiger partial charge is 0.214 e. The average Bonchev–Trinajstić information content (AvgIpc) is 3.28. The number of ether oxygens (including phenoxy) is 4. The van der Waals surface area contributed by atoms with E-state index in [1.54, 1.807) is 21.3 Å². The number of hydrogen-bond acceptors (Lipinski definition) is 6. The van der Waals surface area contributed by atoms with Crippen LogP contribution >= 0.6 is 11.6 Å². The summed E-state index contributed by atoms with van der Waals surface area (Å²) in [5.41, 5.74) is 4.01. The Balaban J connectivity index is 1.61. The largest absolute Gasteiger partial charge is 0.493 e. The van der Waals surface area contributed by atoms with Crippen LogP contribution in [0.1, 0.15) is 35.4 Å². The van der Waals surface area contributed by atoms with Crippen LogP contribution < -0.4 is 18.9 Å². The number of nitrogens with zero attached hydrogens (tertiary/aromatic N) is 2. The van der Waals surface area contributed by atoms with Gasteiger partial charge in [0.1, 0.15) is 5.75 Å². The highest BCUT2D eigenvalue weighted by molar-refractivity contribution is 6.30. The molecule has 6 nitrogen and oxygen atoms in total. The van der Waals surface area contributed by atoms with Crippen LogP contribution in [0.15, 0.2) is 65.8 Å². The van der Waals surface area contributed by atoms with E-state index in [2.05, 4.69) is 6.07 Å². The molecule has 7 heteroatoms. The molecule has 164 valence electrons. The van der Waals surface area contributed by atoms with Crippen molar-refractivity contribution in [3.8, 4) is 23.0 Å². The molecule has 2 atom stereocenters. The molecule has 0 bridgehead atoms. The van der Waals surface area contributed by atoms with Gasteiger partial charge in [-0.05, 0) is 35.9 Å². The third-order valence-electron chi connectivity index (χ3n) is 5.85. The molecule has 32 heavy (non-hydrogen) atoms. The predicted molar refractivity (Wildman–Crippen MR) is 123 cm³/mol. The number of para-hydroxylation sites is 1. The summed E-state index contributed by atoms with van der Waals surface area (Å²) in [6, 6.07) is 19.7. The van der Waals surface area contributed by atoms with Crippen molar-refractivity contribution in [3.05, 3.63) is 82.4 Å². The molecule has 0 amide bonds. The Labute approximate surface area is 191 Å². The standard InChI is InChI=1S/C25H23ClN2O4/c1-29-22-12-16(13-23(30-2)24(22)31-3)25-28-20(18-6-4-5-7-21(18)32-25)14-19(27-28)15-8-10-17(26)11-9-15/h4-13,20,25H,14H2,1-3H3/t20-,25-/m0/s1. The van der Waals surface area contributed by atoms with E-state index in [1.165, 1.54) is 0 Å². The predicted octanol–water partition coefficient (Wildman–Crippen LogP) is 5.61. The van der Waals surface area contributed by atoms with Gasteiger partial charge in [0, 0.05) is 22.6 Å². The van der Waals surface area contributed by atoms with E-state index in [9.17, 15) is 0 Å². The van der Waals surface area contributed by atoms with Gasteiger partial charge in [-0.25, -0.2) is 5.01 Å². The van der Waals surface area contributed by atoms with Gasteiger partial charge >= 0.3 is 0 Å². The average molecular weight is 451 g/mol. The second-order valence-electron chi connectivity index (χ2n) is 7.62. The van der Waals surface area contributed by atoms with Crippen LogP contribution in [0.5, 0.6) is 23.0 Å². The zero-order chi connectivity index (χ0) is 22.2. The van der Waals surface area contributed by atoms with Crippen molar-refractivity contribution in [2.45, 2.75) is 18.7 Å². The Bertz CT molecular complexity index is 1150. The highest BCUT2D eigenvalue weighted by Crippen LogP contribution is 2.49. The lowest BCUT2D eigenvalue weighted by Gasteiger charge is -2.38. The Morgan fingerprint density at radius 1 is 0.938 bits per heavy atom. The van der Waals surface area contributed by atoms with Gasteiger partial charge in [-0.15, -0.1) is 0 Å². The number of fused-ring (bicyclic) bond motifs is 3. The summed E-state index contributed by atoms with van der Waals surface area (Å²) in [4.78, 5) is 0. The van der Waals surface area contributed by atoms with Crippen LogP contribution in [0, 0.1) is 0 Å². The molecule has 0 saturated carbocycles. The number of hydrogen-bond donors (Lipinski definition) is 0. The van der Waals surface area contributed by atoms with Crippen LogP contribution in [-0.4, -0.2) is 32.0 Å². The molecule has 0 aromatic heterocycles. The van der Waals surface area contributed by atoms with Gasteiger partial charge in [0.15, 0.2) is 11.5 Å². The molecule has 2 heterocycles. The summed E-state index contributed by atoms with van der Waals surface area (Å²) in [7, 11) is 4.80. The van der Waals surface area contributed by atoms with Crippen molar-refractivity contribution in [3.63, 3.8) is 0 Å². The summed E-state index contributed by atoms with van der Waals surface area (Å²) in [6.07, 6.45) is 0.316. The lowest BCUT2D eigenvalue weighted by Crippen LogP contribution is -2.33. The van der Waals surface area contributed by atoms with Crippen molar-refractivity contribution in [1.29, 1.82) is 0 Å². The highest BCUT2D eigenvalue weighted by Gasteiger charge is 2.41. The molecule has 2 aliphatic heterocycles. The van der Waals surface area contributed by atoms with E-state index in [1.807, 2.05) is 59.6 Å². The minimum absolute atomic E-state index is 0.0507. The molecule has 3 aromatic rings. The van der Waals surface area contributed by atoms with Gasteiger partial charge in [-0.2, -0.15) is 5.10 Å².